The van der Waals surface area contributed by atoms with Gasteiger partial charge in [-0.25, -0.2) is 4.98 Å². The number of piperazine rings is 1. The van der Waals surface area contributed by atoms with E-state index in [4.69, 9.17) is 24.2 Å². The predicted molar refractivity (Wildman–Crippen MR) is 138 cm³/mol. The lowest BCUT2D eigenvalue weighted by molar-refractivity contribution is 0.0945. The second-order valence-electron chi connectivity index (χ2n) is 9.42. The maximum Gasteiger partial charge on any atom is 0.229 e. The highest BCUT2D eigenvalue weighted by molar-refractivity contribution is 5.88. The molecule has 3 heterocycles. The van der Waals surface area contributed by atoms with Gasteiger partial charge in [0.05, 0.1) is 25.1 Å². The van der Waals surface area contributed by atoms with Crippen molar-refractivity contribution in [3.8, 4) is 17.4 Å². The number of fused-ring (bicyclic) bond motifs is 1. The zero-order valence-corrected chi connectivity index (χ0v) is 20.9. The second kappa shape index (κ2) is 10.7. The summed E-state index contributed by atoms with van der Waals surface area (Å²) >= 11 is 0. The minimum atomic E-state index is 0.119. The zero-order valence-electron chi connectivity index (χ0n) is 20.9. The van der Waals surface area contributed by atoms with Gasteiger partial charge in [-0.3, -0.25) is 4.90 Å². The van der Waals surface area contributed by atoms with Gasteiger partial charge in [-0.2, -0.15) is 4.98 Å². The van der Waals surface area contributed by atoms with Gasteiger partial charge in [0.1, 0.15) is 6.10 Å². The van der Waals surface area contributed by atoms with Crippen molar-refractivity contribution in [3.63, 3.8) is 0 Å². The van der Waals surface area contributed by atoms with Gasteiger partial charge in [-0.1, -0.05) is 30.3 Å². The smallest absolute Gasteiger partial charge is 0.229 e. The summed E-state index contributed by atoms with van der Waals surface area (Å²) in [4.78, 5) is 16.9. The maximum atomic E-state index is 6.58. The molecular weight excluding hydrogens is 442 g/mol. The van der Waals surface area contributed by atoms with Crippen molar-refractivity contribution < 1.29 is 14.2 Å². The number of likely N-dealkylation sites (tertiary alicyclic amines) is 1. The Kier molecular flexibility index (Phi) is 7.20. The summed E-state index contributed by atoms with van der Waals surface area (Å²) in [6, 6.07) is 14.5. The number of likely N-dealkylation sites (N-methyl/N-ethyl adjacent to an activating group) is 1. The number of benzene rings is 2. The maximum absolute atomic E-state index is 6.58. The van der Waals surface area contributed by atoms with Crippen molar-refractivity contribution >= 4 is 16.9 Å². The molecule has 2 aliphatic rings. The van der Waals surface area contributed by atoms with Gasteiger partial charge >= 0.3 is 0 Å². The van der Waals surface area contributed by atoms with Crippen LogP contribution in [0.25, 0.3) is 10.9 Å². The van der Waals surface area contributed by atoms with Crippen molar-refractivity contribution in [1.82, 2.24) is 19.8 Å². The summed E-state index contributed by atoms with van der Waals surface area (Å²) in [6.07, 6.45) is 2.05. The van der Waals surface area contributed by atoms with Crippen LogP contribution in [0, 0.1) is 0 Å². The monoisotopic (exact) mass is 477 g/mol. The Morgan fingerprint density at radius 2 is 1.54 bits per heavy atom. The van der Waals surface area contributed by atoms with Gasteiger partial charge < -0.3 is 24.0 Å². The molecule has 0 bridgehead atoms. The van der Waals surface area contributed by atoms with Gasteiger partial charge in [0.15, 0.2) is 11.5 Å². The van der Waals surface area contributed by atoms with Crippen LogP contribution >= 0.6 is 0 Å². The number of nitrogens with zero attached hydrogens (tertiary/aromatic N) is 5. The van der Waals surface area contributed by atoms with Crippen molar-refractivity contribution in [3.05, 3.63) is 48.0 Å². The first-order valence-electron chi connectivity index (χ1n) is 12.4. The predicted octanol–water partition coefficient (Wildman–Crippen LogP) is 3.44. The molecule has 0 saturated carbocycles. The third kappa shape index (κ3) is 5.44. The molecule has 0 unspecified atom stereocenters. The molecule has 0 atom stereocenters. The second-order valence-corrected chi connectivity index (χ2v) is 9.42. The first-order chi connectivity index (χ1) is 17.1. The van der Waals surface area contributed by atoms with Crippen LogP contribution in [-0.2, 0) is 6.54 Å². The van der Waals surface area contributed by atoms with Crippen molar-refractivity contribution in [2.45, 2.75) is 25.5 Å². The van der Waals surface area contributed by atoms with Crippen LogP contribution in [0.1, 0.15) is 18.4 Å². The first kappa shape index (κ1) is 23.6. The van der Waals surface area contributed by atoms with E-state index in [0.717, 1.165) is 69.6 Å². The van der Waals surface area contributed by atoms with Gasteiger partial charge in [-0.15, -0.1) is 0 Å². The molecule has 1 aromatic heterocycles. The Balaban J connectivity index is 1.37. The highest BCUT2D eigenvalue weighted by Crippen LogP contribution is 2.37. The average molecular weight is 478 g/mol. The number of hydrogen-bond acceptors (Lipinski definition) is 8. The van der Waals surface area contributed by atoms with E-state index in [1.807, 2.05) is 12.1 Å². The van der Waals surface area contributed by atoms with Gasteiger partial charge in [0.2, 0.25) is 11.8 Å². The van der Waals surface area contributed by atoms with Crippen LogP contribution in [0.2, 0.25) is 0 Å². The van der Waals surface area contributed by atoms with Crippen LogP contribution in [0.4, 0.5) is 5.95 Å². The number of aromatic nitrogens is 2. The van der Waals surface area contributed by atoms with E-state index in [2.05, 4.69) is 52.1 Å². The number of ether oxygens (including phenoxy) is 3. The van der Waals surface area contributed by atoms with E-state index >= 15 is 0 Å². The summed E-state index contributed by atoms with van der Waals surface area (Å²) < 4.78 is 17.7. The molecule has 2 aliphatic heterocycles. The molecule has 0 radical (unpaired) electrons. The molecular formula is C27H35N5O3. The summed E-state index contributed by atoms with van der Waals surface area (Å²) in [7, 11) is 5.44. The molecule has 0 amide bonds. The number of hydrogen-bond donors (Lipinski definition) is 0. The quantitative estimate of drug-likeness (QED) is 0.513. The van der Waals surface area contributed by atoms with Crippen molar-refractivity contribution in [1.29, 1.82) is 0 Å². The highest BCUT2D eigenvalue weighted by atomic mass is 16.5. The topological polar surface area (TPSA) is 63.2 Å². The molecule has 5 rings (SSSR count). The zero-order chi connectivity index (χ0) is 24.2. The minimum Gasteiger partial charge on any atom is -0.493 e. The van der Waals surface area contributed by atoms with E-state index in [9.17, 15) is 0 Å². The lowest BCUT2D eigenvalue weighted by atomic mass is 10.1. The van der Waals surface area contributed by atoms with Gasteiger partial charge in [0, 0.05) is 51.9 Å². The third-order valence-electron chi connectivity index (χ3n) is 7.00. The molecule has 0 aliphatic carbocycles. The van der Waals surface area contributed by atoms with Crippen LogP contribution in [-0.4, -0.2) is 86.4 Å². The van der Waals surface area contributed by atoms with E-state index < -0.39 is 0 Å². The minimum absolute atomic E-state index is 0.119. The van der Waals surface area contributed by atoms with E-state index in [1.54, 1.807) is 14.2 Å². The van der Waals surface area contributed by atoms with E-state index in [0.29, 0.717) is 23.3 Å². The first-order valence-corrected chi connectivity index (χ1v) is 12.4. The molecule has 8 nitrogen and oxygen atoms in total. The fraction of sp³-hybridized carbons (Fsp3) is 0.481. The lowest BCUT2D eigenvalue weighted by Gasteiger charge is -2.33. The SMILES string of the molecule is COc1cc2nc(N3CCN(C)CC3)nc(OC3CCN(Cc4ccccc4)CC3)c2cc1OC. The Morgan fingerprint density at radius 3 is 2.23 bits per heavy atom. The summed E-state index contributed by atoms with van der Waals surface area (Å²) in [6.45, 7) is 6.76. The number of rotatable bonds is 7. The Bertz CT molecular complexity index is 1130. The molecule has 35 heavy (non-hydrogen) atoms. The summed E-state index contributed by atoms with van der Waals surface area (Å²) in [5.74, 6) is 2.65. The highest BCUT2D eigenvalue weighted by Gasteiger charge is 2.25. The molecule has 3 aromatic rings. The number of methoxy groups -OCH3 is 2. The van der Waals surface area contributed by atoms with Crippen LogP contribution < -0.4 is 19.1 Å². The summed E-state index contributed by atoms with van der Waals surface area (Å²) in [5, 5.41) is 0.854. The van der Waals surface area contributed by atoms with E-state index in [1.165, 1.54) is 5.56 Å². The molecule has 2 fully saturated rings. The van der Waals surface area contributed by atoms with E-state index in [-0.39, 0.29) is 6.10 Å². The molecule has 2 aromatic carbocycles. The third-order valence-corrected chi connectivity index (χ3v) is 7.00. The van der Waals surface area contributed by atoms with Gasteiger partial charge in [-0.05, 0) is 31.5 Å². The number of anilines is 1. The summed E-state index contributed by atoms with van der Waals surface area (Å²) in [5.41, 5.74) is 2.16. The fourth-order valence-electron chi connectivity index (χ4n) is 4.84. The Labute approximate surface area is 207 Å². The normalized spacial score (nSPS) is 18.1. The van der Waals surface area contributed by atoms with Crippen LogP contribution in [0.3, 0.4) is 0 Å². The Hall–Kier alpha value is -3.10. The molecule has 186 valence electrons. The largest absolute Gasteiger partial charge is 0.493 e. The van der Waals surface area contributed by atoms with Crippen LogP contribution in [0.5, 0.6) is 17.4 Å². The molecule has 0 spiro atoms. The number of piperidine rings is 1. The fourth-order valence-corrected chi connectivity index (χ4v) is 4.84. The molecule has 0 N–H and O–H groups in total. The standard InChI is InChI=1S/C27H35N5O3/c1-30-13-15-32(16-14-30)27-28-23-18-25(34-3)24(33-2)17-22(23)26(29-27)35-21-9-11-31(12-10-21)19-20-7-5-4-6-8-20/h4-8,17-18,21H,9-16,19H2,1-3H3. The van der Waals surface area contributed by atoms with Crippen molar-refractivity contribution in [2.24, 2.45) is 0 Å². The molecule has 8 heteroatoms. The Morgan fingerprint density at radius 1 is 0.857 bits per heavy atom. The lowest BCUT2D eigenvalue weighted by Crippen LogP contribution is -2.45. The average Bonchev–Trinajstić information content (AvgIpc) is 2.90. The molecule has 2 saturated heterocycles. The van der Waals surface area contributed by atoms with Gasteiger partial charge in [0.25, 0.3) is 0 Å². The van der Waals surface area contributed by atoms with Crippen LogP contribution in [0.15, 0.2) is 42.5 Å². The van der Waals surface area contributed by atoms with Crippen molar-refractivity contribution in [2.75, 3.05) is 65.4 Å².